The van der Waals surface area contributed by atoms with Gasteiger partial charge < -0.3 is 4.74 Å². The summed E-state index contributed by atoms with van der Waals surface area (Å²) in [5, 5.41) is 0.721. The molecule has 0 saturated carbocycles. The van der Waals surface area contributed by atoms with E-state index in [2.05, 4.69) is 31.0 Å². The molecule has 1 amide bonds. The molecular weight excluding hydrogens is 438 g/mol. The third-order valence-corrected chi connectivity index (χ3v) is 7.27. The number of nitrogens with zero attached hydrogens (tertiary/aromatic N) is 3. The minimum atomic E-state index is 0.0464. The van der Waals surface area contributed by atoms with E-state index in [4.69, 9.17) is 9.72 Å². The Morgan fingerprint density at radius 3 is 2.66 bits per heavy atom. The maximum atomic E-state index is 13.3. The molecule has 32 heavy (non-hydrogen) atoms. The number of anilines is 1. The Hall–Kier alpha value is -2.90. The van der Waals surface area contributed by atoms with Crippen LogP contribution in [0, 0.1) is 13.8 Å². The number of thiazole rings is 1. The molecule has 0 atom stereocenters. The summed E-state index contributed by atoms with van der Waals surface area (Å²) in [4.78, 5) is 25.4. The van der Waals surface area contributed by atoms with Crippen LogP contribution in [0.2, 0.25) is 0 Å². The lowest BCUT2D eigenvalue weighted by Gasteiger charge is -2.19. The number of aromatic nitrogens is 2. The van der Waals surface area contributed by atoms with Gasteiger partial charge in [-0.05, 0) is 67.4 Å². The molecule has 164 valence electrons. The zero-order valence-corrected chi connectivity index (χ0v) is 20.0. The van der Waals surface area contributed by atoms with Crippen molar-refractivity contribution in [1.29, 1.82) is 0 Å². The zero-order chi connectivity index (χ0) is 22.5. The van der Waals surface area contributed by atoms with Gasteiger partial charge in [0, 0.05) is 23.3 Å². The molecule has 0 radical (unpaired) electrons. The van der Waals surface area contributed by atoms with Crippen LogP contribution in [0.25, 0.3) is 10.2 Å². The maximum Gasteiger partial charge on any atom is 0.229 e. The molecule has 0 aliphatic heterocycles. The Morgan fingerprint density at radius 1 is 1.12 bits per heavy atom. The fourth-order valence-electron chi connectivity index (χ4n) is 3.46. The van der Waals surface area contributed by atoms with Gasteiger partial charge in [-0.3, -0.25) is 14.7 Å². The van der Waals surface area contributed by atoms with Gasteiger partial charge in [0.05, 0.1) is 29.6 Å². The Labute approximate surface area is 196 Å². The van der Waals surface area contributed by atoms with Crippen molar-refractivity contribution in [1.82, 2.24) is 9.97 Å². The van der Waals surface area contributed by atoms with Crippen LogP contribution in [0.3, 0.4) is 0 Å². The van der Waals surface area contributed by atoms with Gasteiger partial charge in [-0.25, -0.2) is 4.98 Å². The van der Waals surface area contributed by atoms with Gasteiger partial charge in [-0.1, -0.05) is 23.5 Å². The highest BCUT2D eigenvalue weighted by Crippen LogP contribution is 2.33. The molecule has 0 fully saturated rings. The summed E-state index contributed by atoms with van der Waals surface area (Å²) >= 11 is 3.23. The van der Waals surface area contributed by atoms with Crippen molar-refractivity contribution in [3.05, 3.63) is 77.6 Å². The fourth-order valence-corrected chi connectivity index (χ4v) is 5.33. The predicted octanol–water partition coefficient (Wildman–Crippen LogP) is 6.03. The Bertz CT molecular complexity index is 1210. The predicted molar refractivity (Wildman–Crippen MR) is 133 cm³/mol. The normalized spacial score (nSPS) is 11.0. The molecule has 0 aliphatic carbocycles. The monoisotopic (exact) mass is 463 g/mol. The van der Waals surface area contributed by atoms with Crippen molar-refractivity contribution in [3.8, 4) is 5.75 Å². The Balaban J connectivity index is 1.53. The van der Waals surface area contributed by atoms with Crippen LogP contribution in [0.5, 0.6) is 5.75 Å². The van der Waals surface area contributed by atoms with Crippen molar-refractivity contribution in [2.45, 2.75) is 31.7 Å². The number of hydrogen-bond donors (Lipinski definition) is 0. The first-order chi connectivity index (χ1) is 15.5. The number of benzene rings is 2. The fraction of sp³-hybridized carbons (Fsp3) is 0.240. The molecule has 0 aliphatic rings. The highest BCUT2D eigenvalue weighted by molar-refractivity contribution is 7.99. The van der Waals surface area contributed by atoms with Crippen LogP contribution in [0.1, 0.15) is 23.2 Å². The summed E-state index contributed by atoms with van der Waals surface area (Å²) in [5.74, 6) is 1.56. The number of thioether (sulfide) groups is 1. The minimum Gasteiger partial charge on any atom is -0.497 e. The molecule has 2 aromatic heterocycles. The molecule has 7 heteroatoms. The second-order valence-corrected chi connectivity index (χ2v) is 9.65. The summed E-state index contributed by atoms with van der Waals surface area (Å²) in [5.41, 5.74) is 4.14. The molecule has 0 spiro atoms. The van der Waals surface area contributed by atoms with E-state index in [1.165, 1.54) is 11.1 Å². The van der Waals surface area contributed by atoms with Crippen LogP contribution in [-0.4, -0.2) is 28.7 Å². The molecule has 4 rings (SSSR count). The van der Waals surface area contributed by atoms with Crippen LogP contribution < -0.4 is 9.64 Å². The first-order valence-corrected chi connectivity index (χ1v) is 12.2. The number of fused-ring (bicyclic) bond motifs is 1. The number of hydrogen-bond acceptors (Lipinski definition) is 6. The van der Waals surface area contributed by atoms with Crippen molar-refractivity contribution in [3.63, 3.8) is 0 Å². The van der Waals surface area contributed by atoms with E-state index in [1.807, 2.05) is 42.5 Å². The molecule has 2 heterocycles. The van der Waals surface area contributed by atoms with E-state index >= 15 is 0 Å². The van der Waals surface area contributed by atoms with E-state index in [0.29, 0.717) is 18.7 Å². The average molecular weight is 464 g/mol. The summed E-state index contributed by atoms with van der Waals surface area (Å²) in [6, 6.07) is 17.9. The van der Waals surface area contributed by atoms with Gasteiger partial charge in [-0.15, -0.1) is 11.8 Å². The third kappa shape index (κ3) is 5.29. The van der Waals surface area contributed by atoms with Gasteiger partial charge in [0.25, 0.3) is 0 Å². The maximum absolute atomic E-state index is 13.3. The summed E-state index contributed by atoms with van der Waals surface area (Å²) in [7, 11) is 1.65. The lowest BCUT2D eigenvalue weighted by Crippen LogP contribution is -2.30. The van der Waals surface area contributed by atoms with Crippen molar-refractivity contribution >= 4 is 44.4 Å². The summed E-state index contributed by atoms with van der Waals surface area (Å²) in [6.07, 6.45) is 2.17. The number of methoxy groups -OCH3 is 1. The largest absolute Gasteiger partial charge is 0.497 e. The van der Waals surface area contributed by atoms with E-state index in [-0.39, 0.29) is 5.91 Å². The Morgan fingerprint density at radius 2 is 1.94 bits per heavy atom. The lowest BCUT2D eigenvalue weighted by molar-refractivity contribution is -0.118. The first kappa shape index (κ1) is 22.3. The first-order valence-electron chi connectivity index (χ1n) is 10.4. The van der Waals surface area contributed by atoms with E-state index in [1.54, 1.807) is 41.3 Å². The van der Waals surface area contributed by atoms with Crippen molar-refractivity contribution < 1.29 is 9.53 Å². The second-order valence-electron chi connectivity index (χ2n) is 7.50. The van der Waals surface area contributed by atoms with Crippen LogP contribution in [0.15, 0.2) is 65.7 Å². The second kappa shape index (κ2) is 10.1. The van der Waals surface area contributed by atoms with Crippen LogP contribution >= 0.6 is 23.1 Å². The molecule has 4 aromatic rings. The number of ether oxygens (including phenoxy) is 1. The van der Waals surface area contributed by atoms with Crippen LogP contribution in [-0.2, 0) is 11.3 Å². The third-order valence-electron chi connectivity index (χ3n) is 5.03. The SMILES string of the molecule is COc1ccc(SCCC(=O)N(Cc2ccccn2)c2nc3cc(C)cc(C)c3s2)cc1. The number of carbonyl (C=O) groups excluding carboxylic acids is 1. The molecule has 2 aromatic carbocycles. The van der Waals surface area contributed by atoms with E-state index in [0.717, 1.165) is 31.7 Å². The molecule has 0 unspecified atom stereocenters. The highest BCUT2D eigenvalue weighted by Gasteiger charge is 2.21. The lowest BCUT2D eigenvalue weighted by atomic mass is 10.1. The number of amides is 1. The topological polar surface area (TPSA) is 55.3 Å². The molecule has 0 saturated heterocycles. The molecule has 5 nitrogen and oxygen atoms in total. The highest BCUT2D eigenvalue weighted by atomic mass is 32.2. The van der Waals surface area contributed by atoms with Gasteiger partial charge in [0.1, 0.15) is 5.75 Å². The Kier molecular flexibility index (Phi) is 7.07. The molecule has 0 bridgehead atoms. The minimum absolute atomic E-state index is 0.0464. The van der Waals surface area contributed by atoms with Gasteiger partial charge in [0.15, 0.2) is 5.13 Å². The number of carbonyl (C=O) groups is 1. The standard InChI is InChI=1S/C25H25N3O2S2/c1-17-14-18(2)24-22(15-17)27-25(32-24)28(16-19-6-4-5-12-26-19)23(29)11-13-31-21-9-7-20(30-3)8-10-21/h4-10,12,14-15H,11,13,16H2,1-3H3. The van der Waals surface area contributed by atoms with E-state index in [9.17, 15) is 4.79 Å². The van der Waals surface area contributed by atoms with Gasteiger partial charge in [0.2, 0.25) is 5.91 Å². The quantitative estimate of drug-likeness (QED) is 0.299. The summed E-state index contributed by atoms with van der Waals surface area (Å²) < 4.78 is 6.33. The number of rotatable bonds is 8. The van der Waals surface area contributed by atoms with Crippen molar-refractivity contribution in [2.75, 3.05) is 17.8 Å². The smallest absolute Gasteiger partial charge is 0.229 e. The number of aryl methyl sites for hydroxylation is 2. The van der Waals surface area contributed by atoms with Crippen molar-refractivity contribution in [2.24, 2.45) is 0 Å². The zero-order valence-electron chi connectivity index (χ0n) is 18.4. The summed E-state index contributed by atoms with van der Waals surface area (Å²) in [6.45, 7) is 4.57. The van der Waals surface area contributed by atoms with Gasteiger partial charge in [-0.2, -0.15) is 0 Å². The number of pyridine rings is 1. The van der Waals surface area contributed by atoms with Gasteiger partial charge >= 0.3 is 0 Å². The van der Waals surface area contributed by atoms with E-state index < -0.39 is 0 Å². The molecular formula is C25H25N3O2S2. The molecule has 0 N–H and O–H groups in total. The average Bonchev–Trinajstić information content (AvgIpc) is 3.22. The van der Waals surface area contributed by atoms with Crippen LogP contribution in [0.4, 0.5) is 5.13 Å².